The second-order valence-corrected chi connectivity index (χ2v) is 7.25. The van der Waals surface area contributed by atoms with Crippen molar-refractivity contribution in [1.29, 1.82) is 0 Å². The molecule has 3 N–H and O–H groups in total. The van der Waals surface area contributed by atoms with Crippen LogP contribution in [0, 0.1) is 6.92 Å². The van der Waals surface area contributed by atoms with Crippen LogP contribution in [0.1, 0.15) is 26.4 Å². The van der Waals surface area contributed by atoms with Gasteiger partial charge in [-0.2, -0.15) is 0 Å². The molecule has 0 spiro atoms. The zero-order valence-corrected chi connectivity index (χ0v) is 17.1. The standard InChI is InChI=1S/C23H24FN3O3/c1-14-21(15-5-4-6-16(11-15)22(28)26(2)3)19-12-17(23(29)30)7-8-20(19)27(14)13-18(24)9-10-25/h4-9,11-12H,10,13,25H2,1-3H3,(H,29,30)/b18-9-. The molecule has 30 heavy (non-hydrogen) atoms. The predicted molar refractivity (Wildman–Crippen MR) is 115 cm³/mol. The van der Waals surface area contributed by atoms with Crippen molar-refractivity contribution in [3.8, 4) is 11.1 Å². The van der Waals surface area contributed by atoms with Crippen LogP contribution < -0.4 is 5.73 Å². The Kier molecular flexibility index (Phi) is 6.03. The van der Waals surface area contributed by atoms with Gasteiger partial charge in [0.15, 0.2) is 0 Å². The van der Waals surface area contributed by atoms with Gasteiger partial charge in [-0.15, -0.1) is 0 Å². The number of carbonyl (C=O) groups excluding carboxylic acids is 1. The largest absolute Gasteiger partial charge is 0.478 e. The van der Waals surface area contributed by atoms with Gasteiger partial charge in [-0.25, -0.2) is 9.18 Å². The van der Waals surface area contributed by atoms with Crippen molar-refractivity contribution < 1.29 is 19.1 Å². The highest BCUT2D eigenvalue weighted by Crippen LogP contribution is 2.36. The molecule has 1 heterocycles. The second kappa shape index (κ2) is 8.51. The van der Waals surface area contributed by atoms with Crippen LogP contribution in [0.3, 0.4) is 0 Å². The molecule has 0 unspecified atom stereocenters. The van der Waals surface area contributed by atoms with E-state index in [0.29, 0.717) is 16.5 Å². The fourth-order valence-corrected chi connectivity index (χ4v) is 3.59. The molecule has 7 heteroatoms. The molecule has 0 radical (unpaired) electrons. The molecule has 0 saturated carbocycles. The van der Waals surface area contributed by atoms with Crippen molar-refractivity contribution in [2.75, 3.05) is 20.6 Å². The number of halogens is 1. The Morgan fingerprint density at radius 1 is 1.17 bits per heavy atom. The van der Waals surface area contributed by atoms with Gasteiger partial charge in [0.1, 0.15) is 5.83 Å². The average Bonchev–Trinajstić information content (AvgIpc) is 2.98. The molecule has 0 fully saturated rings. The van der Waals surface area contributed by atoms with E-state index in [1.54, 1.807) is 49.0 Å². The van der Waals surface area contributed by atoms with Crippen molar-refractivity contribution in [1.82, 2.24) is 9.47 Å². The van der Waals surface area contributed by atoms with Crippen molar-refractivity contribution in [2.24, 2.45) is 5.73 Å². The van der Waals surface area contributed by atoms with Gasteiger partial charge in [0, 0.05) is 48.4 Å². The number of carboxylic acid groups (broad SMARTS) is 1. The molecule has 0 atom stereocenters. The maximum Gasteiger partial charge on any atom is 0.335 e. The predicted octanol–water partition coefficient (Wildman–Crippen LogP) is 3.83. The first-order chi connectivity index (χ1) is 14.2. The number of rotatable bonds is 6. The van der Waals surface area contributed by atoms with Gasteiger partial charge < -0.3 is 20.3 Å². The molecular formula is C23H24FN3O3. The van der Waals surface area contributed by atoms with Crippen LogP contribution in [0.4, 0.5) is 4.39 Å². The van der Waals surface area contributed by atoms with E-state index in [2.05, 4.69) is 0 Å². The van der Waals surface area contributed by atoms with Crippen LogP contribution in [0.2, 0.25) is 0 Å². The summed E-state index contributed by atoms with van der Waals surface area (Å²) >= 11 is 0. The SMILES string of the molecule is Cc1c(-c2cccc(C(=O)N(C)C)c2)c2cc(C(=O)O)ccc2n1C/C(F)=C/CN. The molecule has 156 valence electrons. The lowest BCUT2D eigenvalue weighted by Crippen LogP contribution is -2.21. The van der Waals surface area contributed by atoms with Gasteiger partial charge in [-0.1, -0.05) is 12.1 Å². The fourth-order valence-electron chi connectivity index (χ4n) is 3.59. The first kappa shape index (κ1) is 21.3. The van der Waals surface area contributed by atoms with Gasteiger partial charge in [0.05, 0.1) is 12.1 Å². The molecule has 0 aliphatic rings. The van der Waals surface area contributed by atoms with Gasteiger partial charge >= 0.3 is 5.97 Å². The summed E-state index contributed by atoms with van der Waals surface area (Å²) in [5, 5.41) is 10.1. The zero-order valence-electron chi connectivity index (χ0n) is 17.1. The molecule has 3 rings (SSSR count). The van der Waals surface area contributed by atoms with E-state index < -0.39 is 5.97 Å². The highest BCUT2D eigenvalue weighted by molar-refractivity contribution is 6.03. The van der Waals surface area contributed by atoms with E-state index in [-0.39, 0.29) is 30.4 Å². The van der Waals surface area contributed by atoms with Crippen molar-refractivity contribution in [3.05, 3.63) is 71.2 Å². The van der Waals surface area contributed by atoms with Crippen molar-refractivity contribution >= 4 is 22.8 Å². The Bertz CT molecular complexity index is 1160. The van der Waals surface area contributed by atoms with Gasteiger partial charge in [-0.05, 0) is 48.9 Å². The Labute approximate surface area is 174 Å². The minimum atomic E-state index is -1.04. The van der Waals surface area contributed by atoms with Crippen LogP contribution >= 0.6 is 0 Å². The summed E-state index contributed by atoms with van der Waals surface area (Å²) in [6.07, 6.45) is 1.31. The topological polar surface area (TPSA) is 88.6 Å². The molecular weight excluding hydrogens is 385 g/mol. The lowest BCUT2D eigenvalue weighted by molar-refractivity contribution is 0.0696. The lowest BCUT2D eigenvalue weighted by atomic mass is 9.99. The molecule has 6 nitrogen and oxygen atoms in total. The number of nitrogens with zero attached hydrogens (tertiary/aromatic N) is 2. The van der Waals surface area contributed by atoms with Crippen LogP contribution in [0.25, 0.3) is 22.0 Å². The third kappa shape index (κ3) is 3.97. The molecule has 0 bridgehead atoms. The molecule has 0 saturated heterocycles. The van der Waals surface area contributed by atoms with Crippen molar-refractivity contribution in [2.45, 2.75) is 13.5 Å². The lowest BCUT2D eigenvalue weighted by Gasteiger charge is -2.12. The highest BCUT2D eigenvalue weighted by Gasteiger charge is 2.19. The van der Waals surface area contributed by atoms with Crippen molar-refractivity contribution in [3.63, 3.8) is 0 Å². The number of hydrogen-bond donors (Lipinski definition) is 2. The summed E-state index contributed by atoms with van der Waals surface area (Å²) in [6, 6.07) is 11.9. The summed E-state index contributed by atoms with van der Waals surface area (Å²) in [4.78, 5) is 25.4. The first-order valence-corrected chi connectivity index (χ1v) is 9.47. The number of allylic oxidation sites excluding steroid dienone is 1. The fraction of sp³-hybridized carbons (Fsp3) is 0.217. The van der Waals surface area contributed by atoms with E-state index >= 15 is 0 Å². The minimum absolute atomic E-state index is 0.0116. The quantitative estimate of drug-likeness (QED) is 0.648. The number of carboxylic acids is 1. The van der Waals surface area contributed by atoms with E-state index in [9.17, 15) is 19.1 Å². The monoisotopic (exact) mass is 409 g/mol. The number of nitrogens with two attached hydrogens (primary N) is 1. The molecule has 2 aromatic carbocycles. The summed E-state index contributed by atoms with van der Waals surface area (Å²) in [5.41, 5.74) is 9.08. The van der Waals surface area contributed by atoms with E-state index in [1.165, 1.54) is 17.0 Å². The third-order valence-corrected chi connectivity index (χ3v) is 5.02. The zero-order chi connectivity index (χ0) is 22.0. The Hall–Kier alpha value is -3.45. The number of aromatic nitrogens is 1. The molecule has 3 aromatic rings. The van der Waals surface area contributed by atoms with Crippen LogP contribution in [0.5, 0.6) is 0 Å². The Morgan fingerprint density at radius 3 is 2.53 bits per heavy atom. The van der Waals surface area contributed by atoms with Crippen LogP contribution in [-0.2, 0) is 6.54 Å². The number of carbonyl (C=O) groups is 2. The third-order valence-electron chi connectivity index (χ3n) is 5.02. The smallest absolute Gasteiger partial charge is 0.335 e. The molecule has 0 aliphatic carbocycles. The van der Waals surface area contributed by atoms with Crippen LogP contribution in [-0.4, -0.2) is 47.1 Å². The number of benzene rings is 2. The number of fused-ring (bicyclic) bond motifs is 1. The van der Waals surface area contributed by atoms with E-state index in [0.717, 1.165) is 16.8 Å². The summed E-state index contributed by atoms with van der Waals surface area (Å²) in [6.45, 7) is 1.93. The summed E-state index contributed by atoms with van der Waals surface area (Å²) in [7, 11) is 3.36. The maximum atomic E-state index is 14.3. The summed E-state index contributed by atoms with van der Waals surface area (Å²) in [5.74, 6) is -1.55. The summed E-state index contributed by atoms with van der Waals surface area (Å²) < 4.78 is 16.1. The Morgan fingerprint density at radius 2 is 1.90 bits per heavy atom. The van der Waals surface area contributed by atoms with E-state index in [1.807, 2.05) is 13.0 Å². The van der Waals surface area contributed by atoms with E-state index in [4.69, 9.17) is 5.73 Å². The number of aromatic carboxylic acids is 1. The first-order valence-electron chi connectivity index (χ1n) is 9.47. The molecule has 1 aromatic heterocycles. The van der Waals surface area contributed by atoms with Gasteiger partial charge in [0.2, 0.25) is 0 Å². The second-order valence-electron chi connectivity index (χ2n) is 7.25. The normalized spacial score (nSPS) is 11.7. The maximum absolute atomic E-state index is 14.3. The van der Waals surface area contributed by atoms with Gasteiger partial charge in [-0.3, -0.25) is 4.79 Å². The molecule has 0 aliphatic heterocycles. The number of hydrogen-bond acceptors (Lipinski definition) is 3. The average molecular weight is 409 g/mol. The minimum Gasteiger partial charge on any atom is -0.478 e. The van der Waals surface area contributed by atoms with Gasteiger partial charge in [0.25, 0.3) is 5.91 Å². The number of amides is 1. The Balaban J connectivity index is 2.28. The molecule has 1 amide bonds. The highest BCUT2D eigenvalue weighted by atomic mass is 19.1. The van der Waals surface area contributed by atoms with Crippen LogP contribution in [0.15, 0.2) is 54.4 Å².